The zero-order valence-corrected chi connectivity index (χ0v) is 10.6. The number of aliphatic carboxylic acids is 1. The van der Waals surface area contributed by atoms with Crippen molar-refractivity contribution in [2.75, 3.05) is 6.67 Å². The fraction of sp³-hybridized carbons (Fsp3) is 0.273. The zero-order valence-electron chi connectivity index (χ0n) is 9.04. The Balaban J connectivity index is 2.82. The zero-order chi connectivity index (χ0) is 13.0. The third kappa shape index (κ3) is 3.52. The highest BCUT2D eigenvalue weighted by atomic mass is 79.9. The van der Waals surface area contributed by atoms with Crippen molar-refractivity contribution < 1.29 is 19.1 Å². The van der Waals surface area contributed by atoms with E-state index in [1.165, 1.54) is 6.07 Å². The van der Waals surface area contributed by atoms with Gasteiger partial charge in [0.2, 0.25) is 0 Å². The van der Waals surface area contributed by atoms with Crippen LogP contribution < -0.4 is 5.32 Å². The quantitative estimate of drug-likeness (QED) is 0.893. The molecule has 0 fully saturated rings. The molecule has 1 unspecified atom stereocenters. The maximum atomic E-state index is 12.3. The fourth-order valence-electron chi connectivity index (χ4n) is 1.19. The Bertz CT molecular complexity index is 450. The van der Waals surface area contributed by atoms with E-state index in [-0.39, 0.29) is 0 Å². The molecule has 0 spiro atoms. The lowest BCUT2D eigenvalue weighted by molar-refractivity contribution is -0.139. The number of hydrogen-bond donors (Lipinski definition) is 2. The first-order valence-electron chi connectivity index (χ1n) is 4.81. The first-order chi connectivity index (χ1) is 7.95. The predicted molar refractivity (Wildman–Crippen MR) is 63.7 cm³/mol. The highest BCUT2D eigenvalue weighted by Gasteiger charge is 2.20. The van der Waals surface area contributed by atoms with Crippen molar-refractivity contribution in [3.63, 3.8) is 0 Å². The number of amides is 1. The number of carbonyl (C=O) groups excluding carboxylic acids is 1. The molecule has 2 N–H and O–H groups in total. The van der Waals surface area contributed by atoms with Crippen LogP contribution in [0.25, 0.3) is 0 Å². The van der Waals surface area contributed by atoms with Crippen LogP contribution in [0.15, 0.2) is 22.7 Å². The van der Waals surface area contributed by atoms with Gasteiger partial charge in [-0.05, 0) is 30.7 Å². The summed E-state index contributed by atoms with van der Waals surface area (Å²) < 4.78 is 13.2. The van der Waals surface area contributed by atoms with Gasteiger partial charge in [-0.3, -0.25) is 4.79 Å². The van der Waals surface area contributed by atoms with E-state index >= 15 is 0 Å². The second-order valence-electron chi connectivity index (χ2n) is 3.48. The number of alkyl halides is 1. The van der Waals surface area contributed by atoms with Gasteiger partial charge in [-0.15, -0.1) is 0 Å². The lowest BCUT2D eigenvalue weighted by Gasteiger charge is -2.11. The molecule has 0 bridgehead atoms. The monoisotopic (exact) mass is 303 g/mol. The molecule has 1 amide bonds. The molecular weight excluding hydrogens is 293 g/mol. The van der Waals surface area contributed by atoms with Crippen LogP contribution in [0.2, 0.25) is 0 Å². The van der Waals surface area contributed by atoms with Crippen LogP contribution >= 0.6 is 15.9 Å². The minimum Gasteiger partial charge on any atom is -0.480 e. The number of benzene rings is 1. The van der Waals surface area contributed by atoms with Crippen molar-refractivity contribution in [3.8, 4) is 0 Å². The maximum Gasteiger partial charge on any atom is 0.328 e. The lowest BCUT2D eigenvalue weighted by Crippen LogP contribution is -2.42. The van der Waals surface area contributed by atoms with Gasteiger partial charge in [-0.1, -0.05) is 15.9 Å². The van der Waals surface area contributed by atoms with Crippen molar-refractivity contribution in [3.05, 3.63) is 33.8 Å². The van der Waals surface area contributed by atoms with Crippen LogP contribution in [0, 0.1) is 6.92 Å². The summed E-state index contributed by atoms with van der Waals surface area (Å²) in [5.74, 6) is -2.00. The number of rotatable bonds is 4. The molecule has 1 aromatic carbocycles. The van der Waals surface area contributed by atoms with Crippen molar-refractivity contribution in [2.24, 2.45) is 0 Å². The van der Waals surface area contributed by atoms with Gasteiger partial charge in [0, 0.05) is 10.0 Å². The van der Waals surface area contributed by atoms with Gasteiger partial charge in [-0.25, -0.2) is 9.18 Å². The Morgan fingerprint density at radius 3 is 2.65 bits per heavy atom. The van der Waals surface area contributed by atoms with Gasteiger partial charge in [0.25, 0.3) is 5.91 Å². The van der Waals surface area contributed by atoms with E-state index < -0.39 is 24.6 Å². The van der Waals surface area contributed by atoms with Gasteiger partial charge in [0.1, 0.15) is 6.67 Å². The highest BCUT2D eigenvalue weighted by Crippen LogP contribution is 2.17. The van der Waals surface area contributed by atoms with Crippen LogP contribution in [0.4, 0.5) is 4.39 Å². The third-order valence-electron chi connectivity index (χ3n) is 2.18. The molecule has 6 heteroatoms. The molecule has 0 saturated heterocycles. The summed E-state index contributed by atoms with van der Waals surface area (Å²) in [6.07, 6.45) is 0. The molecule has 17 heavy (non-hydrogen) atoms. The summed E-state index contributed by atoms with van der Waals surface area (Å²) in [6.45, 7) is 0.654. The summed E-state index contributed by atoms with van der Waals surface area (Å²) in [6, 6.07) is 3.29. The average molecular weight is 304 g/mol. The van der Waals surface area contributed by atoms with Crippen LogP contribution in [0.3, 0.4) is 0 Å². The smallest absolute Gasteiger partial charge is 0.328 e. The molecule has 1 rings (SSSR count). The Hall–Kier alpha value is -1.43. The van der Waals surface area contributed by atoms with Crippen LogP contribution in [-0.2, 0) is 4.79 Å². The van der Waals surface area contributed by atoms with E-state index in [4.69, 9.17) is 5.11 Å². The van der Waals surface area contributed by atoms with Crippen molar-refractivity contribution >= 4 is 27.8 Å². The number of aryl methyl sites for hydroxylation is 1. The minimum atomic E-state index is -1.51. The van der Waals surface area contributed by atoms with Crippen LogP contribution in [0.5, 0.6) is 0 Å². The summed E-state index contributed by atoms with van der Waals surface area (Å²) in [4.78, 5) is 22.2. The molecule has 92 valence electrons. The Labute approximate surface area is 106 Å². The van der Waals surface area contributed by atoms with Crippen molar-refractivity contribution in [1.82, 2.24) is 5.32 Å². The molecule has 0 aromatic heterocycles. The fourth-order valence-corrected chi connectivity index (χ4v) is 1.44. The average Bonchev–Trinajstić information content (AvgIpc) is 2.28. The van der Waals surface area contributed by atoms with Gasteiger partial charge in [-0.2, -0.15) is 0 Å². The van der Waals surface area contributed by atoms with Gasteiger partial charge in [0.15, 0.2) is 6.04 Å². The normalized spacial score (nSPS) is 11.9. The molecule has 1 atom stereocenters. The summed E-state index contributed by atoms with van der Waals surface area (Å²) in [5, 5.41) is 10.7. The van der Waals surface area contributed by atoms with Gasteiger partial charge < -0.3 is 10.4 Å². The number of carbonyl (C=O) groups is 2. The van der Waals surface area contributed by atoms with E-state index in [9.17, 15) is 14.0 Å². The molecule has 0 aliphatic heterocycles. The summed E-state index contributed by atoms with van der Waals surface area (Å²) in [5.41, 5.74) is 1.13. The SMILES string of the molecule is Cc1cc(C(=O)NC(CF)C(=O)O)ccc1Br. The summed E-state index contributed by atoms with van der Waals surface area (Å²) in [7, 11) is 0. The minimum absolute atomic E-state index is 0.297. The standard InChI is InChI=1S/C11H11BrFNO3/c1-6-4-7(2-3-8(6)12)10(15)14-9(5-13)11(16)17/h2-4,9H,5H2,1H3,(H,14,15)(H,16,17). The highest BCUT2D eigenvalue weighted by molar-refractivity contribution is 9.10. The molecule has 0 aliphatic rings. The number of nitrogens with one attached hydrogen (secondary N) is 1. The van der Waals surface area contributed by atoms with Crippen molar-refractivity contribution in [1.29, 1.82) is 0 Å². The van der Waals surface area contributed by atoms with E-state index in [0.717, 1.165) is 10.0 Å². The lowest BCUT2D eigenvalue weighted by atomic mass is 10.1. The third-order valence-corrected chi connectivity index (χ3v) is 3.07. The molecular formula is C11H11BrFNO3. The molecule has 4 nitrogen and oxygen atoms in total. The molecule has 0 aliphatic carbocycles. The Morgan fingerprint density at radius 1 is 1.53 bits per heavy atom. The summed E-state index contributed by atoms with van der Waals surface area (Å²) >= 11 is 3.28. The molecule has 0 heterocycles. The second-order valence-corrected chi connectivity index (χ2v) is 4.34. The van der Waals surface area contributed by atoms with Crippen molar-refractivity contribution in [2.45, 2.75) is 13.0 Å². The topological polar surface area (TPSA) is 66.4 Å². The number of halogens is 2. The van der Waals surface area contributed by atoms with Crippen LogP contribution in [-0.4, -0.2) is 29.7 Å². The maximum absolute atomic E-state index is 12.3. The Morgan fingerprint density at radius 2 is 2.18 bits per heavy atom. The Kier molecular flexibility index (Phi) is 4.62. The predicted octanol–water partition coefficient (Wildman–Crippen LogP) is 1.91. The first-order valence-corrected chi connectivity index (χ1v) is 5.60. The second kappa shape index (κ2) is 5.77. The van der Waals surface area contributed by atoms with E-state index in [2.05, 4.69) is 21.2 Å². The molecule has 1 aromatic rings. The van der Waals surface area contributed by atoms with E-state index in [0.29, 0.717) is 5.56 Å². The molecule has 0 saturated carbocycles. The first kappa shape index (κ1) is 13.6. The number of carboxylic acid groups (broad SMARTS) is 1. The van der Waals surface area contributed by atoms with Gasteiger partial charge in [0.05, 0.1) is 0 Å². The number of hydrogen-bond acceptors (Lipinski definition) is 2. The van der Waals surface area contributed by atoms with Crippen LogP contribution in [0.1, 0.15) is 15.9 Å². The molecule has 0 radical (unpaired) electrons. The largest absolute Gasteiger partial charge is 0.480 e. The number of carboxylic acids is 1. The van der Waals surface area contributed by atoms with E-state index in [1.54, 1.807) is 19.1 Å². The van der Waals surface area contributed by atoms with E-state index in [1.807, 2.05) is 0 Å². The van der Waals surface area contributed by atoms with Gasteiger partial charge >= 0.3 is 5.97 Å².